The molecule has 2 atom stereocenters. The number of hydrogen-bond donors (Lipinski definition) is 3. The molecule has 8 heteroatoms. The Hall–Kier alpha value is -2.74. The number of halogens is 1. The Morgan fingerprint density at radius 1 is 1.36 bits per heavy atom. The minimum atomic E-state index is -0.634. The van der Waals surface area contributed by atoms with Crippen molar-refractivity contribution in [1.82, 2.24) is 20.2 Å². The van der Waals surface area contributed by atoms with Gasteiger partial charge in [0.05, 0.1) is 30.5 Å². The minimum Gasteiger partial charge on any atom is -0.346 e. The van der Waals surface area contributed by atoms with Crippen LogP contribution in [0, 0.1) is 11.7 Å². The van der Waals surface area contributed by atoms with E-state index in [9.17, 15) is 14.0 Å². The van der Waals surface area contributed by atoms with Gasteiger partial charge in [-0.05, 0) is 48.6 Å². The Balaban J connectivity index is 1.65. The number of hydrogen-bond acceptors (Lipinski definition) is 4. The summed E-state index contributed by atoms with van der Waals surface area (Å²) in [6, 6.07) is 5.34. The Labute approximate surface area is 163 Å². The van der Waals surface area contributed by atoms with Gasteiger partial charge in [-0.15, -0.1) is 0 Å². The largest absolute Gasteiger partial charge is 0.346 e. The Kier molecular flexibility index (Phi) is 6.08. The molecule has 2 heterocycles. The second kappa shape index (κ2) is 8.52. The number of nitrogens with two attached hydrogens (primary N) is 1. The summed E-state index contributed by atoms with van der Waals surface area (Å²) in [5, 5.41) is 2.63. The number of carbonyl (C=O) groups excluding carboxylic acids is 2. The number of amides is 2. The Bertz CT molecular complexity index is 833. The summed E-state index contributed by atoms with van der Waals surface area (Å²) in [7, 11) is 0. The fourth-order valence-electron chi connectivity index (χ4n) is 3.32. The van der Waals surface area contributed by atoms with Gasteiger partial charge in [0.25, 0.3) is 0 Å². The van der Waals surface area contributed by atoms with Crippen molar-refractivity contribution in [1.29, 1.82) is 0 Å². The summed E-state index contributed by atoms with van der Waals surface area (Å²) in [6.07, 6.45) is 3.34. The predicted octanol–water partition coefficient (Wildman–Crippen LogP) is 1.98. The number of carbonyl (C=O) groups is 2. The zero-order chi connectivity index (χ0) is 20.3. The van der Waals surface area contributed by atoms with Gasteiger partial charge in [-0.1, -0.05) is 13.8 Å². The molecule has 7 nitrogen and oxygen atoms in total. The maximum Gasteiger partial charge on any atom is 0.242 e. The van der Waals surface area contributed by atoms with E-state index in [0.29, 0.717) is 12.4 Å². The summed E-state index contributed by atoms with van der Waals surface area (Å²) in [5.74, 6) is -0.0875. The van der Waals surface area contributed by atoms with E-state index in [0.717, 1.165) is 24.1 Å². The minimum absolute atomic E-state index is 0.00244. The van der Waals surface area contributed by atoms with Crippen LogP contribution in [0.2, 0.25) is 0 Å². The quantitative estimate of drug-likeness (QED) is 0.705. The number of aromatic nitrogens is 2. The summed E-state index contributed by atoms with van der Waals surface area (Å²) < 4.78 is 13.1. The lowest BCUT2D eigenvalue weighted by Crippen LogP contribution is -2.47. The number of aromatic amines is 1. The van der Waals surface area contributed by atoms with Crippen LogP contribution in [0.25, 0.3) is 11.3 Å². The molecule has 1 aliphatic heterocycles. The van der Waals surface area contributed by atoms with Crippen LogP contribution in [0.4, 0.5) is 4.39 Å². The first kappa shape index (κ1) is 20.0. The van der Waals surface area contributed by atoms with Crippen molar-refractivity contribution < 1.29 is 14.0 Å². The van der Waals surface area contributed by atoms with E-state index in [2.05, 4.69) is 15.3 Å². The molecule has 150 valence electrons. The first-order chi connectivity index (χ1) is 13.4. The highest BCUT2D eigenvalue weighted by atomic mass is 19.1. The molecule has 3 rings (SSSR count). The second-order valence-corrected chi connectivity index (χ2v) is 7.42. The predicted molar refractivity (Wildman–Crippen MR) is 103 cm³/mol. The molecule has 0 spiro atoms. The topological polar surface area (TPSA) is 104 Å². The van der Waals surface area contributed by atoms with Crippen LogP contribution in [-0.4, -0.2) is 45.8 Å². The highest BCUT2D eigenvalue weighted by Crippen LogP contribution is 2.31. The molecule has 2 aromatic rings. The Morgan fingerprint density at radius 2 is 2.07 bits per heavy atom. The van der Waals surface area contributed by atoms with Gasteiger partial charge >= 0.3 is 0 Å². The highest BCUT2D eigenvalue weighted by molar-refractivity contribution is 5.87. The van der Waals surface area contributed by atoms with Gasteiger partial charge < -0.3 is 20.9 Å². The zero-order valence-corrected chi connectivity index (χ0v) is 16.1. The molecule has 0 aliphatic carbocycles. The van der Waals surface area contributed by atoms with Crippen molar-refractivity contribution in [3.05, 3.63) is 42.1 Å². The van der Waals surface area contributed by atoms with Gasteiger partial charge in [0, 0.05) is 6.54 Å². The zero-order valence-electron chi connectivity index (χ0n) is 16.1. The van der Waals surface area contributed by atoms with Gasteiger partial charge in [0.1, 0.15) is 11.6 Å². The van der Waals surface area contributed by atoms with Crippen LogP contribution >= 0.6 is 0 Å². The maximum atomic E-state index is 13.1. The fraction of sp³-hybridized carbons (Fsp3) is 0.450. The van der Waals surface area contributed by atoms with Crippen LogP contribution in [0.3, 0.4) is 0 Å². The molecule has 1 fully saturated rings. The van der Waals surface area contributed by atoms with E-state index in [-0.39, 0.29) is 36.1 Å². The van der Waals surface area contributed by atoms with E-state index in [4.69, 9.17) is 5.73 Å². The summed E-state index contributed by atoms with van der Waals surface area (Å²) >= 11 is 0. The molecule has 1 saturated heterocycles. The van der Waals surface area contributed by atoms with E-state index >= 15 is 0 Å². The number of rotatable bonds is 6. The van der Waals surface area contributed by atoms with Crippen LogP contribution in [0.1, 0.15) is 38.6 Å². The third-order valence-electron chi connectivity index (χ3n) is 5.07. The van der Waals surface area contributed by atoms with Crippen LogP contribution < -0.4 is 11.1 Å². The standard InChI is InChI=1S/C20H26FN5O2/c1-12(2)18(22)20(28)24-11-17(27)26-9-3-4-16(26)19-23-10-15(25-19)13-5-7-14(21)8-6-13/h5-8,10,12,16,18H,3-4,9,11,22H2,1-2H3,(H,23,25)(H,24,28)/t16?,18-/m0/s1. The molecule has 1 aliphatic rings. The van der Waals surface area contributed by atoms with Crippen molar-refractivity contribution in [2.45, 2.75) is 38.8 Å². The number of nitrogens with one attached hydrogen (secondary N) is 2. The van der Waals surface area contributed by atoms with Crippen molar-refractivity contribution in [2.24, 2.45) is 11.7 Å². The van der Waals surface area contributed by atoms with E-state index in [1.54, 1.807) is 23.2 Å². The lowest BCUT2D eigenvalue weighted by atomic mass is 10.1. The summed E-state index contributed by atoms with van der Waals surface area (Å²) in [6.45, 7) is 4.25. The molecule has 1 aromatic heterocycles. The molecule has 0 bridgehead atoms. The third-order valence-corrected chi connectivity index (χ3v) is 5.07. The number of likely N-dealkylation sites (tertiary alicyclic amines) is 1. The van der Waals surface area contributed by atoms with Gasteiger partial charge in [-0.2, -0.15) is 0 Å². The van der Waals surface area contributed by atoms with Crippen LogP contribution in [0.15, 0.2) is 30.5 Å². The second-order valence-electron chi connectivity index (χ2n) is 7.42. The number of imidazole rings is 1. The smallest absolute Gasteiger partial charge is 0.242 e. The number of nitrogens with zero attached hydrogens (tertiary/aromatic N) is 2. The number of H-pyrrole nitrogens is 1. The summed E-state index contributed by atoms with van der Waals surface area (Å²) in [4.78, 5) is 34.0. The van der Waals surface area contributed by atoms with Crippen molar-refractivity contribution in [3.8, 4) is 11.3 Å². The lowest BCUT2D eigenvalue weighted by Gasteiger charge is -2.24. The molecule has 1 unspecified atom stereocenters. The molecule has 1 aromatic carbocycles. The van der Waals surface area contributed by atoms with E-state index in [1.165, 1.54) is 12.1 Å². The monoisotopic (exact) mass is 387 g/mol. The normalized spacial score (nSPS) is 17.8. The van der Waals surface area contributed by atoms with Gasteiger partial charge in [0.2, 0.25) is 11.8 Å². The maximum absolute atomic E-state index is 13.1. The molecule has 0 radical (unpaired) electrons. The third kappa shape index (κ3) is 4.39. The first-order valence-corrected chi connectivity index (χ1v) is 9.50. The average Bonchev–Trinajstić information content (AvgIpc) is 3.34. The Morgan fingerprint density at radius 3 is 2.75 bits per heavy atom. The molecule has 2 amide bonds. The van der Waals surface area contributed by atoms with E-state index in [1.807, 2.05) is 13.8 Å². The molecule has 28 heavy (non-hydrogen) atoms. The molecular weight excluding hydrogens is 361 g/mol. The average molecular weight is 387 g/mol. The summed E-state index contributed by atoms with van der Waals surface area (Å²) in [5.41, 5.74) is 7.40. The number of benzene rings is 1. The highest BCUT2D eigenvalue weighted by Gasteiger charge is 2.32. The van der Waals surface area contributed by atoms with Gasteiger partial charge in [-0.25, -0.2) is 9.37 Å². The van der Waals surface area contributed by atoms with Crippen molar-refractivity contribution >= 4 is 11.8 Å². The van der Waals surface area contributed by atoms with Gasteiger partial charge in [0.15, 0.2) is 0 Å². The van der Waals surface area contributed by atoms with Crippen molar-refractivity contribution in [2.75, 3.05) is 13.1 Å². The van der Waals surface area contributed by atoms with Crippen molar-refractivity contribution in [3.63, 3.8) is 0 Å². The SMILES string of the molecule is CC(C)[C@H](N)C(=O)NCC(=O)N1CCCC1c1ncc(-c2ccc(F)cc2)[nH]1. The van der Waals surface area contributed by atoms with Crippen LogP contribution in [0.5, 0.6) is 0 Å². The van der Waals surface area contributed by atoms with Crippen LogP contribution in [-0.2, 0) is 9.59 Å². The fourth-order valence-corrected chi connectivity index (χ4v) is 3.32. The van der Waals surface area contributed by atoms with E-state index < -0.39 is 6.04 Å². The lowest BCUT2D eigenvalue weighted by molar-refractivity contribution is -0.134. The first-order valence-electron chi connectivity index (χ1n) is 9.50. The molecule has 4 N–H and O–H groups in total. The van der Waals surface area contributed by atoms with Gasteiger partial charge in [-0.3, -0.25) is 9.59 Å². The molecule has 0 saturated carbocycles. The molecular formula is C20H26FN5O2.